The van der Waals surface area contributed by atoms with Crippen LogP contribution in [0.15, 0.2) is 53.5 Å². The quantitative estimate of drug-likeness (QED) is 0.274. The minimum absolute atomic E-state index is 0. The molecule has 168 valence electrons. The van der Waals surface area contributed by atoms with Crippen molar-refractivity contribution in [2.45, 2.75) is 32.0 Å². The molecule has 0 saturated carbocycles. The van der Waals surface area contributed by atoms with E-state index in [-0.39, 0.29) is 36.0 Å². The molecule has 3 rings (SSSR count). The molecule has 1 heterocycles. The number of nitrogens with one attached hydrogen (secondary N) is 3. The number of ether oxygens (including phenoxy) is 2. The van der Waals surface area contributed by atoms with E-state index in [1.165, 1.54) is 0 Å². The highest BCUT2D eigenvalue weighted by molar-refractivity contribution is 14.0. The van der Waals surface area contributed by atoms with Crippen LogP contribution < -0.4 is 20.7 Å². The minimum Gasteiger partial charge on any atom is -0.496 e. The number of nitrogens with zero attached hydrogens (tertiary/aromatic N) is 1. The monoisotopic (exact) mass is 538 g/mol. The first-order valence-corrected chi connectivity index (χ1v) is 10.2. The summed E-state index contributed by atoms with van der Waals surface area (Å²) in [6.45, 7) is 2.49. The summed E-state index contributed by atoms with van der Waals surface area (Å²) < 4.78 is 10.9. The lowest BCUT2D eigenvalue weighted by molar-refractivity contribution is 0.0857. The van der Waals surface area contributed by atoms with Crippen molar-refractivity contribution in [1.29, 1.82) is 0 Å². The molecule has 0 spiro atoms. The van der Waals surface area contributed by atoms with Crippen molar-refractivity contribution in [3.05, 3.63) is 65.2 Å². The van der Waals surface area contributed by atoms with E-state index in [2.05, 4.69) is 20.9 Å². The lowest BCUT2D eigenvalue weighted by atomic mass is 10.1. The maximum Gasteiger partial charge on any atom is 0.251 e. The number of para-hydroxylation sites is 1. The molecule has 0 aromatic heterocycles. The van der Waals surface area contributed by atoms with Crippen molar-refractivity contribution in [3.63, 3.8) is 0 Å². The van der Waals surface area contributed by atoms with Gasteiger partial charge in [0.2, 0.25) is 0 Å². The molecule has 2 aromatic carbocycles. The first kappa shape index (κ1) is 24.9. The Hall–Kier alpha value is -2.33. The van der Waals surface area contributed by atoms with Crippen LogP contribution in [0.4, 0.5) is 0 Å². The molecule has 1 fully saturated rings. The van der Waals surface area contributed by atoms with E-state index < -0.39 is 0 Å². The Balaban J connectivity index is 0.00000341. The predicted molar refractivity (Wildman–Crippen MR) is 133 cm³/mol. The molecule has 0 aliphatic carbocycles. The van der Waals surface area contributed by atoms with Crippen molar-refractivity contribution in [2.75, 3.05) is 27.3 Å². The van der Waals surface area contributed by atoms with Gasteiger partial charge in [-0.1, -0.05) is 30.3 Å². The number of carbonyl (C=O) groups excluding carboxylic acids is 1. The second-order valence-electron chi connectivity index (χ2n) is 7.14. The van der Waals surface area contributed by atoms with Gasteiger partial charge in [0.25, 0.3) is 5.91 Å². The molecular formula is C23H31IN4O3. The number of aliphatic imine (C=N–C) groups is 1. The zero-order valence-electron chi connectivity index (χ0n) is 18.0. The highest BCUT2D eigenvalue weighted by Crippen LogP contribution is 2.16. The van der Waals surface area contributed by atoms with Crippen LogP contribution in [0.1, 0.15) is 34.3 Å². The fourth-order valence-corrected chi connectivity index (χ4v) is 3.37. The summed E-state index contributed by atoms with van der Waals surface area (Å²) in [6.07, 6.45) is 2.20. The number of amides is 1. The molecular weight excluding hydrogens is 507 g/mol. The second kappa shape index (κ2) is 13.2. The van der Waals surface area contributed by atoms with Gasteiger partial charge < -0.3 is 25.4 Å². The molecule has 7 nitrogen and oxygen atoms in total. The van der Waals surface area contributed by atoms with Crippen LogP contribution in [0.25, 0.3) is 0 Å². The Morgan fingerprint density at radius 2 is 1.94 bits per heavy atom. The number of benzene rings is 2. The van der Waals surface area contributed by atoms with E-state index in [9.17, 15) is 4.79 Å². The summed E-state index contributed by atoms with van der Waals surface area (Å²) in [5.74, 6) is 1.43. The summed E-state index contributed by atoms with van der Waals surface area (Å²) in [5, 5.41) is 9.53. The molecule has 8 heteroatoms. The number of halogens is 1. The van der Waals surface area contributed by atoms with Gasteiger partial charge in [-0.3, -0.25) is 9.79 Å². The Kier molecular flexibility index (Phi) is 10.6. The fraction of sp³-hybridized carbons (Fsp3) is 0.391. The average molecular weight is 538 g/mol. The van der Waals surface area contributed by atoms with Gasteiger partial charge >= 0.3 is 0 Å². The van der Waals surface area contributed by atoms with Gasteiger partial charge in [0.1, 0.15) is 5.75 Å². The Labute approximate surface area is 201 Å². The Bertz CT molecular complexity index is 869. The molecule has 1 aliphatic heterocycles. The zero-order chi connectivity index (χ0) is 21.2. The van der Waals surface area contributed by atoms with Crippen LogP contribution >= 0.6 is 24.0 Å². The Morgan fingerprint density at radius 1 is 1.13 bits per heavy atom. The fourth-order valence-electron chi connectivity index (χ4n) is 3.37. The van der Waals surface area contributed by atoms with E-state index in [1.54, 1.807) is 14.2 Å². The molecule has 1 atom stereocenters. The van der Waals surface area contributed by atoms with Crippen molar-refractivity contribution in [2.24, 2.45) is 4.99 Å². The topological polar surface area (TPSA) is 84.0 Å². The summed E-state index contributed by atoms with van der Waals surface area (Å²) in [6, 6.07) is 15.5. The van der Waals surface area contributed by atoms with E-state index in [4.69, 9.17) is 9.47 Å². The van der Waals surface area contributed by atoms with Crippen molar-refractivity contribution < 1.29 is 14.3 Å². The average Bonchev–Trinajstić information content (AvgIpc) is 3.31. The molecule has 31 heavy (non-hydrogen) atoms. The number of rotatable bonds is 8. The largest absolute Gasteiger partial charge is 0.496 e. The lowest BCUT2D eigenvalue weighted by Gasteiger charge is -2.14. The molecule has 2 aromatic rings. The SMILES string of the molecule is CN=C(NCc1cccc(C(=O)NCC2CCCO2)c1)NCc1ccccc1OC.I. The van der Waals surface area contributed by atoms with E-state index >= 15 is 0 Å². The van der Waals surface area contributed by atoms with Gasteiger partial charge in [-0.2, -0.15) is 0 Å². The second-order valence-corrected chi connectivity index (χ2v) is 7.14. The minimum atomic E-state index is -0.0778. The van der Waals surface area contributed by atoms with Crippen molar-refractivity contribution >= 4 is 35.8 Å². The molecule has 1 amide bonds. The number of hydrogen-bond acceptors (Lipinski definition) is 4. The van der Waals surface area contributed by atoms with Crippen LogP contribution in [-0.2, 0) is 17.8 Å². The van der Waals surface area contributed by atoms with Gasteiger partial charge in [-0.25, -0.2) is 0 Å². The van der Waals surface area contributed by atoms with Gasteiger partial charge in [0.05, 0.1) is 13.2 Å². The highest BCUT2D eigenvalue weighted by atomic mass is 127. The first-order chi connectivity index (χ1) is 14.7. The lowest BCUT2D eigenvalue weighted by Crippen LogP contribution is -2.36. The standard InChI is InChI=1S/C23H30N4O3.HI/c1-24-23(27-15-19-8-3-4-11-21(19)29-2)26-14-17-7-5-9-18(13-17)22(28)25-16-20-10-6-12-30-20;/h3-5,7-9,11,13,20H,6,10,12,14-16H2,1-2H3,(H,25,28)(H2,24,26,27);1H. The van der Waals surface area contributed by atoms with Crippen LogP contribution in [-0.4, -0.2) is 45.3 Å². The summed E-state index contributed by atoms with van der Waals surface area (Å²) in [5.41, 5.74) is 2.69. The molecule has 1 aliphatic rings. The number of guanidine groups is 1. The highest BCUT2D eigenvalue weighted by Gasteiger charge is 2.16. The smallest absolute Gasteiger partial charge is 0.251 e. The summed E-state index contributed by atoms with van der Waals surface area (Å²) in [4.78, 5) is 16.7. The molecule has 0 bridgehead atoms. The van der Waals surface area contributed by atoms with Crippen LogP contribution in [0.3, 0.4) is 0 Å². The first-order valence-electron chi connectivity index (χ1n) is 10.2. The van der Waals surface area contributed by atoms with E-state index in [1.807, 2.05) is 48.5 Å². The third kappa shape index (κ3) is 7.70. The van der Waals surface area contributed by atoms with Crippen LogP contribution in [0.2, 0.25) is 0 Å². The predicted octanol–water partition coefficient (Wildman–Crippen LogP) is 3.09. The summed E-state index contributed by atoms with van der Waals surface area (Å²) >= 11 is 0. The van der Waals surface area contributed by atoms with Crippen LogP contribution in [0.5, 0.6) is 5.75 Å². The third-order valence-electron chi connectivity index (χ3n) is 5.03. The third-order valence-corrected chi connectivity index (χ3v) is 5.03. The van der Waals surface area contributed by atoms with Crippen molar-refractivity contribution in [3.8, 4) is 5.75 Å². The normalized spacial score (nSPS) is 15.7. The molecule has 3 N–H and O–H groups in total. The van der Waals surface area contributed by atoms with E-state index in [0.29, 0.717) is 31.2 Å². The molecule has 1 saturated heterocycles. The zero-order valence-corrected chi connectivity index (χ0v) is 20.3. The number of hydrogen-bond donors (Lipinski definition) is 3. The van der Waals surface area contributed by atoms with Crippen molar-refractivity contribution in [1.82, 2.24) is 16.0 Å². The van der Waals surface area contributed by atoms with Gasteiger partial charge in [0.15, 0.2) is 5.96 Å². The van der Waals surface area contributed by atoms with Gasteiger partial charge in [0, 0.05) is 44.4 Å². The van der Waals surface area contributed by atoms with Gasteiger partial charge in [-0.15, -0.1) is 24.0 Å². The maximum absolute atomic E-state index is 12.4. The molecule has 1 unspecified atom stereocenters. The Morgan fingerprint density at radius 3 is 2.68 bits per heavy atom. The summed E-state index contributed by atoms with van der Waals surface area (Å²) in [7, 11) is 3.39. The van der Waals surface area contributed by atoms with Crippen LogP contribution in [0, 0.1) is 0 Å². The van der Waals surface area contributed by atoms with Gasteiger partial charge in [-0.05, 0) is 36.6 Å². The number of carbonyl (C=O) groups is 1. The number of methoxy groups -OCH3 is 1. The van der Waals surface area contributed by atoms with E-state index in [0.717, 1.165) is 36.3 Å². The molecule has 0 radical (unpaired) electrons. The maximum atomic E-state index is 12.4.